The summed E-state index contributed by atoms with van der Waals surface area (Å²) in [4.78, 5) is 12.3. The van der Waals surface area contributed by atoms with Gasteiger partial charge in [-0.25, -0.2) is 0 Å². The van der Waals surface area contributed by atoms with Gasteiger partial charge in [-0.15, -0.1) is 0 Å². The van der Waals surface area contributed by atoms with Crippen molar-refractivity contribution in [2.24, 2.45) is 34.5 Å². The standard InChI is InChI=1S/C23H34O/c1-14-8-10-22(4)17(12-14)6-7-18-19(22)9-11-23(5)20(18)13-15(2)21(23)16(3)24/h6,14,18-20H,7-13H2,1-5H3/t14-,18+,19-,20-,22-,23-/m0/s1. The fourth-order valence-corrected chi connectivity index (χ4v) is 7.47. The fourth-order valence-electron chi connectivity index (χ4n) is 7.47. The third kappa shape index (κ3) is 2.09. The number of rotatable bonds is 1. The van der Waals surface area contributed by atoms with E-state index in [1.807, 2.05) is 0 Å². The Morgan fingerprint density at radius 2 is 1.79 bits per heavy atom. The predicted octanol–water partition coefficient (Wildman–Crippen LogP) is 6.10. The summed E-state index contributed by atoms with van der Waals surface area (Å²) < 4.78 is 0. The highest BCUT2D eigenvalue weighted by atomic mass is 16.1. The van der Waals surface area contributed by atoms with Gasteiger partial charge < -0.3 is 0 Å². The Bertz CT molecular complexity index is 638. The van der Waals surface area contributed by atoms with Crippen LogP contribution in [0.15, 0.2) is 22.8 Å². The fraction of sp³-hybridized carbons (Fsp3) is 0.783. The van der Waals surface area contributed by atoms with E-state index in [2.05, 4.69) is 33.8 Å². The molecule has 132 valence electrons. The molecule has 1 nitrogen and oxygen atoms in total. The van der Waals surface area contributed by atoms with Gasteiger partial charge in [0.2, 0.25) is 0 Å². The largest absolute Gasteiger partial charge is 0.295 e. The lowest BCUT2D eigenvalue weighted by molar-refractivity contribution is -0.115. The average molecular weight is 327 g/mol. The molecule has 2 saturated carbocycles. The number of carbonyl (C=O) groups is 1. The Morgan fingerprint density at radius 1 is 1.08 bits per heavy atom. The van der Waals surface area contributed by atoms with Crippen LogP contribution in [0.3, 0.4) is 0 Å². The van der Waals surface area contributed by atoms with Crippen molar-refractivity contribution in [3.63, 3.8) is 0 Å². The number of Topliss-reactive ketones (excluding diaryl/α,β-unsaturated/α-hetero) is 1. The molecule has 0 aromatic carbocycles. The molecule has 2 fully saturated rings. The Hall–Kier alpha value is -0.850. The number of ketones is 1. The van der Waals surface area contributed by atoms with Crippen LogP contribution in [0.5, 0.6) is 0 Å². The van der Waals surface area contributed by atoms with Crippen LogP contribution in [0.4, 0.5) is 0 Å². The minimum absolute atomic E-state index is 0.154. The van der Waals surface area contributed by atoms with E-state index in [4.69, 9.17) is 0 Å². The molecule has 0 aromatic rings. The van der Waals surface area contributed by atoms with E-state index < -0.39 is 0 Å². The first-order valence-corrected chi connectivity index (χ1v) is 10.2. The third-order valence-corrected chi connectivity index (χ3v) is 8.62. The molecule has 0 saturated heterocycles. The van der Waals surface area contributed by atoms with Gasteiger partial charge >= 0.3 is 0 Å². The summed E-state index contributed by atoms with van der Waals surface area (Å²) in [6, 6.07) is 0. The van der Waals surface area contributed by atoms with Crippen LogP contribution in [0, 0.1) is 34.5 Å². The van der Waals surface area contributed by atoms with E-state index in [9.17, 15) is 4.79 Å². The van der Waals surface area contributed by atoms with Gasteiger partial charge in [0, 0.05) is 0 Å². The van der Waals surface area contributed by atoms with Crippen LogP contribution in [0.1, 0.15) is 79.6 Å². The van der Waals surface area contributed by atoms with Gasteiger partial charge in [-0.05, 0) is 98.9 Å². The van der Waals surface area contributed by atoms with Gasteiger partial charge in [0.15, 0.2) is 5.78 Å². The molecule has 0 aliphatic heterocycles. The molecule has 0 radical (unpaired) electrons. The highest BCUT2D eigenvalue weighted by Gasteiger charge is 2.57. The molecule has 0 heterocycles. The molecule has 1 heteroatoms. The van der Waals surface area contributed by atoms with Gasteiger partial charge in [-0.2, -0.15) is 0 Å². The highest BCUT2D eigenvalue weighted by molar-refractivity contribution is 5.96. The molecule has 0 spiro atoms. The lowest BCUT2D eigenvalue weighted by Gasteiger charge is -2.57. The summed E-state index contributed by atoms with van der Waals surface area (Å²) in [5.74, 6) is 3.54. The highest BCUT2D eigenvalue weighted by Crippen LogP contribution is 2.66. The van der Waals surface area contributed by atoms with Crippen LogP contribution < -0.4 is 0 Å². The summed E-state index contributed by atoms with van der Waals surface area (Å²) in [6.07, 6.45) is 11.7. The van der Waals surface area contributed by atoms with Crippen molar-refractivity contribution in [3.8, 4) is 0 Å². The molecular formula is C23H34O. The molecule has 0 amide bonds. The maximum atomic E-state index is 12.3. The lowest BCUT2D eigenvalue weighted by atomic mass is 9.47. The molecule has 4 aliphatic carbocycles. The Morgan fingerprint density at radius 3 is 2.50 bits per heavy atom. The van der Waals surface area contributed by atoms with Crippen molar-refractivity contribution in [1.29, 1.82) is 0 Å². The van der Waals surface area contributed by atoms with Crippen LogP contribution in [0.2, 0.25) is 0 Å². The molecule has 4 aliphatic rings. The van der Waals surface area contributed by atoms with Gasteiger partial charge in [-0.3, -0.25) is 4.79 Å². The van der Waals surface area contributed by atoms with Crippen molar-refractivity contribution in [3.05, 3.63) is 22.8 Å². The Labute approximate surface area is 148 Å². The molecular weight excluding hydrogens is 292 g/mol. The third-order valence-electron chi connectivity index (χ3n) is 8.62. The van der Waals surface area contributed by atoms with Gasteiger partial charge in [0.25, 0.3) is 0 Å². The van der Waals surface area contributed by atoms with E-state index >= 15 is 0 Å². The van der Waals surface area contributed by atoms with Crippen LogP contribution in [-0.4, -0.2) is 5.78 Å². The first-order chi connectivity index (χ1) is 11.3. The molecule has 24 heavy (non-hydrogen) atoms. The van der Waals surface area contributed by atoms with E-state index in [-0.39, 0.29) is 5.41 Å². The SMILES string of the molecule is CC(=O)C1=C(C)C[C@H]2[C@@H]3CC=C4C[C@@H](C)CC[C@]4(C)[C@H]3CC[C@]12C. The van der Waals surface area contributed by atoms with Crippen molar-refractivity contribution < 1.29 is 4.79 Å². The first-order valence-electron chi connectivity index (χ1n) is 10.2. The van der Waals surface area contributed by atoms with Crippen LogP contribution in [0.25, 0.3) is 0 Å². The first kappa shape index (κ1) is 16.6. The maximum absolute atomic E-state index is 12.3. The van der Waals surface area contributed by atoms with Gasteiger partial charge in [-0.1, -0.05) is 38.0 Å². The second kappa shape index (κ2) is 5.32. The Balaban J connectivity index is 1.70. The maximum Gasteiger partial charge on any atom is 0.156 e. The van der Waals surface area contributed by atoms with E-state index in [1.165, 1.54) is 56.1 Å². The van der Waals surface area contributed by atoms with Crippen molar-refractivity contribution in [1.82, 2.24) is 0 Å². The average Bonchev–Trinajstić information content (AvgIpc) is 2.78. The van der Waals surface area contributed by atoms with Crippen molar-refractivity contribution >= 4 is 5.78 Å². The monoisotopic (exact) mass is 326 g/mol. The van der Waals surface area contributed by atoms with E-state index in [1.54, 1.807) is 12.5 Å². The summed E-state index contributed by atoms with van der Waals surface area (Å²) in [5.41, 5.74) is 4.97. The second-order valence-electron chi connectivity index (χ2n) is 9.98. The zero-order chi connectivity index (χ0) is 17.3. The minimum atomic E-state index is 0.154. The number of fused-ring (bicyclic) bond motifs is 5. The zero-order valence-corrected chi connectivity index (χ0v) is 16.2. The van der Waals surface area contributed by atoms with E-state index in [0.717, 1.165) is 17.8 Å². The Kier molecular flexibility index (Phi) is 3.68. The summed E-state index contributed by atoms with van der Waals surface area (Å²) >= 11 is 0. The lowest BCUT2D eigenvalue weighted by Crippen LogP contribution is -2.49. The van der Waals surface area contributed by atoms with Crippen molar-refractivity contribution in [2.45, 2.75) is 79.6 Å². The summed E-state index contributed by atoms with van der Waals surface area (Å²) in [7, 11) is 0. The summed E-state index contributed by atoms with van der Waals surface area (Å²) in [6.45, 7) is 11.4. The number of carbonyl (C=O) groups excluding carboxylic acids is 1. The number of hydrogen-bond donors (Lipinski definition) is 0. The smallest absolute Gasteiger partial charge is 0.156 e. The summed E-state index contributed by atoms with van der Waals surface area (Å²) in [5, 5.41) is 0. The number of hydrogen-bond acceptors (Lipinski definition) is 1. The van der Waals surface area contributed by atoms with Crippen molar-refractivity contribution in [2.75, 3.05) is 0 Å². The molecule has 0 unspecified atom stereocenters. The zero-order valence-electron chi connectivity index (χ0n) is 16.2. The second-order valence-corrected chi connectivity index (χ2v) is 9.98. The molecule has 0 bridgehead atoms. The molecule has 6 atom stereocenters. The normalized spacial score (nSPS) is 47.6. The van der Waals surface area contributed by atoms with Crippen LogP contribution in [-0.2, 0) is 4.79 Å². The van der Waals surface area contributed by atoms with Gasteiger partial charge in [0.1, 0.15) is 0 Å². The quantitative estimate of drug-likeness (QED) is 0.532. The molecule has 0 N–H and O–H groups in total. The molecule has 0 aromatic heterocycles. The van der Waals surface area contributed by atoms with Crippen LogP contribution >= 0.6 is 0 Å². The number of allylic oxidation sites excluding steroid dienone is 4. The topological polar surface area (TPSA) is 17.1 Å². The molecule has 4 rings (SSSR count). The van der Waals surface area contributed by atoms with Gasteiger partial charge in [0.05, 0.1) is 0 Å². The predicted molar refractivity (Wildman–Crippen MR) is 99.6 cm³/mol. The van der Waals surface area contributed by atoms with E-state index in [0.29, 0.717) is 17.1 Å². The minimum Gasteiger partial charge on any atom is -0.295 e.